The van der Waals surface area contributed by atoms with Crippen molar-refractivity contribution in [3.05, 3.63) is 64.6 Å². The summed E-state index contributed by atoms with van der Waals surface area (Å²) in [5, 5.41) is 3.30. The predicted molar refractivity (Wildman–Crippen MR) is 109 cm³/mol. The lowest BCUT2D eigenvalue weighted by Crippen LogP contribution is -2.43. The van der Waals surface area contributed by atoms with Crippen LogP contribution in [0.5, 0.6) is 0 Å². The SMILES string of the molecule is NC(=O)c1ccc(C2=NC=C3C(NC(C(N)=O)C4CC4)=COCC4=C3N2CC4)cn1. The standard InChI is InChI=1S/C21H22N6O3/c22-19(28)15-4-3-12(7-24-15)21-25-8-14-16(26-17(20(23)29)11-1-2-11)10-30-9-13-5-6-27(21)18(13)14/h3-4,7-8,10-11,17,26H,1-2,5-6,9H2,(H2,22,28)(H2,23,29). The smallest absolute Gasteiger partial charge is 0.267 e. The quantitative estimate of drug-likeness (QED) is 0.630. The first-order valence-electron chi connectivity index (χ1n) is 9.95. The van der Waals surface area contributed by atoms with Gasteiger partial charge in [-0.05, 0) is 42.9 Å². The van der Waals surface area contributed by atoms with E-state index < -0.39 is 11.9 Å². The molecule has 154 valence electrons. The minimum Gasteiger partial charge on any atom is -0.495 e. The lowest BCUT2D eigenvalue weighted by atomic mass is 10.0. The van der Waals surface area contributed by atoms with Crippen molar-refractivity contribution in [3.8, 4) is 0 Å². The number of primary amides is 2. The largest absolute Gasteiger partial charge is 0.495 e. The molecule has 0 saturated heterocycles. The number of hydrogen-bond acceptors (Lipinski definition) is 7. The molecule has 1 aliphatic carbocycles. The molecule has 1 aromatic rings. The Morgan fingerprint density at radius 1 is 1.27 bits per heavy atom. The number of rotatable bonds is 6. The van der Waals surface area contributed by atoms with Gasteiger partial charge in [0.1, 0.15) is 30.4 Å². The van der Waals surface area contributed by atoms with Crippen molar-refractivity contribution in [2.75, 3.05) is 13.2 Å². The maximum absolute atomic E-state index is 11.9. The fraction of sp³-hybridized carbons (Fsp3) is 0.333. The molecule has 1 unspecified atom stereocenters. The molecule has 1 fully saturated rings. The number of amides is 2. The molecule has 1 aromatic heterocycles. The van der Waals surface area contributed by atoms with E-state index in [1.807, 2.05) is 0 Å². The Bertz CT molecular complexity index is 1050. The lowest BCUT2D eigenvalue weighted by Gasteiger charge is -2.30. The molecule has 4 heterocycles. The van der Waals surface area contributed by atoms with Crippen molar-refractivity contribution in [1.29, 1.82) is 0 Å². The number of carbonyl (C=O) groups is 2. The summed E-state index contributed by atoms with van der Waals surface area (Å²) in [6.07, 6.45) is 7.88. The van der Waals surface area contributed by atoms with Crippen molar-refractivity contribution in [1.82, 2.24) is 15.2 Å². The Morgan fingerprint density at radius 2 is 2.10 bits per heavy atom. The molecule has 0 aromatic carbocycles. The van der Waals surface area contributed by atoms with E-state index in [-0.39, 0.29) is 17.5 Å². The Labute approximate surface area is 173 Å². The number of carbonyl (C=O) groups excluding carboxylic acids is 2. The molecule has 0 spiro atoms. The van der Waals surface area contributed by atoms with Gasteiger partial charge in [0.15, 0.2) is 0 Å². The number of aliphatic imine (C=N–C) groups is 1. The van der Waals surface area contributed by atoms with Gasteiger partial charge in [0.2, 0.25) is 5.91 Å². The molecule has 30 heavy (non-hydrogen) atoms. The second-order valence-electron chi connectivity index (χ2n) is 7.85. The van der Waals surface area contributed by atoms with Crippen LogP contribution in [-0.4, -0.2) is 46.7 Å². The second-order valence-corrected chi connectivity index (χ2v) is 7.85. The van der Waals surface area contributed by atoms with Crippen molar-refractivity contribution >= 4 is 17.6 Å². The Kier molecular flexibility index (Phi) is 4.30. The third kappa shape index (κ3) is 3.12. The van der Waals surface area contributed by atoms with Crippen LogP contribution in [0, 0.1) is 5.92 Å². The Balaban J connectivity index is 1.50. The molecule has 0 radical (unpaired) electrons. The van der Waals surface area contributed by atoms with Gasteiger partial charge in [-0.15, -0.1) is 0 Å². The van der Waals surface area contributed by atoms with E-state index in [1.54, 1.807) is 30.8 Å². The van der Waals surface area contributed by atoms with Gasteiger partial charge < -0.3 is 26.4 Å². The van der Waals surface area contributed by atoms with Crippen LogP contribution in [-0.2, 0) is 9.53 Å². The summed E-state index contributed by atoms with van der Waals surface area (Å²) >= 11 is 0. The van der Waals surface area contributed by atoms with Crippen LogP contribution < -0.4 is 16.8 Å². The van der Waals surface area contributed by atoms with E-state index in [0.717, 1.165) is 48.5 Å². The van der Waals surface area contributed by atoms with Crippen molar-refractivity contribution in [3.63, 3.8) is 0 Å². The zero-order chi connectivity index (χ0) is 20.8. The van der Waals surface area contributed by atoms with Gasteiger partial charge in [-0.3, -0.25) is 14.6 Å². The molecular formula is C21H22N6O3. The van der Waals surface area contributed by atoms with Crippen LogP contribution in [0.15, 0.2) is 58.3 Å². The molecule has 4 aliphatic rings. The van der Waals surface area contributed by atoms with Gasteiger partial charge >= 0.3 is 0 Å². The summed E-state index contributed by atoms with van der Waals surface area (Å²) in [6.45, 7) is 1.24. The fourth-order valence-corrected chi connectivity index (χ4v) is 4.13. The highest BCUT2D eigenvalue weighted by atomic mass is 16.5. The van der Waals surface area contributed by atoms with Crippen LogP contribution in [0.1, 0.15) is 35.3 Å². The molecule has 9 heteroatoms. The van der Waals surface area contributed by atoms with Gasteiger partial charge in [-0.1, -0.05) is 0 Å². The molecular weight excluding hydrogens is 384 g/mol. The first kappa shape index (κ1) is 18.4. The summed E-state index contributed by atoms with van der Waals surface area (Å²) in [7, 11) is 0. The minimum absolute atomic E-state index is 0.211. The average molecular weight is 406 g/mol. The second kappa shape index (κ2) is 7.01. The number of pyridine rings is 1. The van der Waals surface area contributed by atoms with Crippen LogP contribution in [0.4, 0.5) is 0 Å². The summed E-state index contributed by atoms with van der Waals surface area (Å²) in [6, 6.07) is 2.97. The van der Waals surface area contributed by atoms with Gasteiger partial charge in [0.05, 0.1) is 11.4 Å². The highest BCUT2D eigenvalue weighted by Gasteiger charge is 2.39. The summed E-state index contributed by atoms with van der Waals surface area (Å²) in [4.78, 5) is 34.2. The first-order chi connectivity index (χ1) is 14.5. The van der Waals surface area contributed by atoms with Gasteiger partial charge in [-0.2, -0.15) is 0 Å². The van der Waals surface area contributed by atoms with Gasteiger partial charge in [0.25, 0.3) is 5.91 Å². The minimum atomic E-state index is -0.568. The number of nitrogens with two attached hydrogens (primary N) is 2. The molecule has 1 saturated carbocycles. The zero-order valence-corrected chi connectivity index (χ0v) is 16.3. The normalized spacial score (nSPS) is 20.9. The first-order valence-corrected chi connectivity index (χ1v) is 9.95. The number of nitrogens with one attached hydrogen (secondary N) is 1. The van der Waals surface area contributed by atoms with Crippen LogP contribution in [0.2, 0.25) is 0 Å². The molecule has 2 amide bonds. The molecule has 3 aliphatic heterocycles. The molecule has 1 atom stereocenters. The third-order valence-corrected chi connectivity index (χ3v) is 5.80. The van der Waals surface area contributed by atoms with Gasteiger partial charge in [0, 0.05) is 30.1 Å². The average Bonchev–Trinajstić information content (AvgIpc) is 3.51. The summed E-state index contributed by atoms with van der Waals surface area (Å²) < 4.78 is 5.78. The molecule has 9 nitrogen and oxygen atoms in total. The van der Waals surface area contributed by atoms with Crippen molar-refractivity contribution in [2.24, 2.45) is 22.4 Å². The Hall–Kier alpha value is -3.62. The van der Waals surface area contributed by atoms with Crippen LogP contribution in [0.25, 0.3) is 0 Å². The number of amidine groups is 1. The monoisotopic (exact) mass is 406 g/mol. The maximum atomic E-state index is 11.9. The van der Waals surface area contributed by atoms with Crippen molar-refractivity contribution in [2.45, 2.75) is 25.3 Å². The molecule has 5 rings (SSSR count). The fourth-order valence-electron chi connectivity index (χ4n) is 4.13. The predicted octanol–water partition coefficient (Wildman–Crippen LogP) is 0.510. The summed E-state index contributed by atoms with van der Waals surface area (Å²) in [5.41, 5.74) is 15.7. The lowest BCUT2D eigenvalue weighted by molar-refractivity contribution is -0.120. The van der Waals surface area contributed by atoms with Gasteiger partial charge in [-0.25, -0.2) is 4.99 Å². The van der Waals surface area contributed by atoms with E-state index in [4.69, 9.17) is 16.2 Å². The van der Waals surface area contributed by atoms with E-state index >= 15 is 0 Å². The van der Waals surface area contributed by atoms with E-state index in [1.165, 1.54) is 5.57 Å². The van der Waals surface area contributed by atoms with Crippen LogP contribution >= 0.6 is 0 Å². The highest BCUT2D eigenvalue weighted by molar-refractivity contribution is 6.02. The van der Waals surface area contributed by atoms with E-state index in [0.29, 0.717) is 12.3 Å². The summed E-state index contributed by atoms with van der Waals surface area (Å²) in [5.74, 6) is 0.0864. The molecule has 5 N–H and O–H groups in total. The third-order valence-electron chi connectivity index (χ3n) is 5.80. The number of hydrogen-bond donors (Lipinski definition) is 3. The van der Waals surface area contributed by atoms with E-state index in [9.17, 15) is 9.59 Å². The topological polar surface area (TPSA) is 136 Å². The number of aromatic nitrogens is 1. The van der Waals surface area contributed by atoms with Crippen LogP contribution in [0.3, 0.4) is 0 Å². The Morgan fingerprint density at radius 3 is 2.77 bits per heavy atom. The number of ether oxygens (including phenoxy) is 1. The number of nitrogens with zero attached hydrogens (tertiary/aromatic N) is 3. The maximum Gasteiger partial charge on any atom is 0.267 e. The zero-order valence-electron chi connectivity index (χ0n) is 16.3. The van der Waals surface area contributed by atoms with Crippen molar-refractivity contribution < 1.29 is 14.3 Å². The highest BCUT2D eigenvalue weighted by Crippen LogP contribution is 2.39. The van der Waals surface area contributed by atoms with E-state index in [2.05, 4.69) is 20.2 Å². The molecule has 0 bridgehead atoms.